The van der Waals surface area contributed by atoms with Gasteiger partial charge in [0.1, 0.15) is 0 Å². The predicted molar refractivity (Wildman–Crippen MR) is 67.2 cm³/mol. The second-order valence-corrected chi connectivity index (χ2v) is 6.25. The third kappa shape index (κ3) is 1.65. The molecule has 0 radical (unpaired) electrons. The Labute approximate surface area is 99.3 Å². The van der Waals surface area contributed by atoms with E-state index in [0.717, 1.165) is 24.3 Å². The molecule has 0 amide bonds. The molecule has 0 aromatic rings. The van der Waals surface area contributed by atoms with Crippen molar-refractivity contribution in [1.82, 2.24) is 0 Å². The summed E-state index contributed by atoms with van der Waals surface area (Å²) in [5, 5.41) is 0. The molecule has 3 atom stereocenters. The van der Waals surface area contributed by atoms with Gasteiger partial charge in [-0.05, 0) is 54.9 Å². The van der Waals surface area contributed by atoms with E-state index in [1.165, 1.54) is 12.8 Å². The Morgan fingerprint density at radius 1 is 1.38 bits per heavy atom. The summed E-state index contributed by atoms with van der Waals surface area (Å²) in [7, 11) is 0. The van der Waals surface area contributed by atoms with Crippen molar-refractivity contribution in [2.75, 3.05) is 0 Å². The van der Waals surface area contributed by atoms with Crippen molar-refractivity contribution in [1.29, 1.82) is 0 Å². The van der Waals surface area contributed by atoms with Gasteiger partial charge in [0.05, 0.1) is 0 Å². The summed E-state index contributed by atoms with van der Waals surface area (Å²) >= 11 is 0. The monoisotopic (exact) mass is 220 g/mol. The Balaban J connectivity index is 2.32. The molecule has 1 nitrogen and oxygen atoms in total. The van der Waals surface area contributed by atoms with Crippen LogP contribution in [0.25, 0.3) is 0 Å². The number of carbonyl (C=O) groups excluding carboxylic acids is 1. The minimum absolute atomic E-state index is 0.296. The number of carbonyl (C=O) groups is 1. The molecule has 0 aromatic heterocycles. The van der Waals surface area contributed by atoms with Gasteiger partial charge in [0.15, 0.2) is 5.78 Å². The fourth-order valence-corrected chi connectivity index (χ4v) is 3.99. The third-order valence-corrected chi connectivity index (χ3v) is 5.15. The summed E-state index contributed by atoms with van der Waals surface area (Å²) in [5.74, 6) is 2.57. The van der Waals surface area contributed by atoms with E-state index in [1.54, 1.807) is 0 Å². The lowest BCUT2D eigenvalue weighted by Gasteiger charge is -2.42. The molecule has 1 saturated carbocycles. The third-order valence-electron chi connectivity index (χ3n) is 5.15. The molecule has 0 heterocycles. The van der Waals surface area contributed by atoms with Gasteiger partial charge in [0, 0.05) is 6.42 Å². The van der Waals surface area contributed by atoms with Crippen LogP contribution >= 0.6 is 0 Å². The highest BCUT2D eigenvalue weighted by Crippen LogP contribution is 2.57. The van der Waals surface area contributed by atoms with Crippen LogP contribution in [-0.2, 0) is 4.79 Å². The molecular formula is C15H24O. The molecule has 0 aliphatic heterocycles. The van der Waals surface area contributed by atoms with Crippen LogP contribution in [-0.4, -0.2) is 5.78 Å². The van der Waals surface area contributed by atoms with E-state index >= 15 is 0 Å². The van der Waals surface area contributed by atoms with Crippen molar-refractivity contribution >= 4 is 5.78 Å². The highest BCUT2D eigenvalue weighted by atomic mass is 16.1. The van der Waals surface area contributed by atoms with Crippen molar-refractivity contribution in [3.8, 4) is 0 Å². The van der Waals surface area contributed by atoms with Crippen LogP contribution in [0.5, 0.6) is 0 Å². The van der Waals surface area contributed by atoms with Crippen LogP contribution in [0.3, 0.4) is 0 Å². The Kier molecular flexibility index (Phi) is 2.98. The lowest BCUT2D eigenvalue weighted by molar-refractivity contribution is -0.120. The molecule has 2 aliphatic carbocycles. The number of allylic oxidation sites excluding steroid dienone is 2. The molecule has 1 fully saturated rings. The predicted octanol–water partition coefficient (Wildman–Crippen LogP) is 3.98. The highest BCUT2D eigenvalue weighted by molar-refractivity contribution is 5.96. The Bertz CT molecular complexity index is 326. The van der Waals surface area contributed by atoms with Crippen LogP contribution in [0.15, 0.2) is 11.6 Å². The minimum atomic E-state index is 0.296. The zero-order valence-electron chi connectivity index (χ0n) is 11.0. The van der Waals surface area contributed by atoms with Crippen molar-refractivity contribution < 1.29 is 4.79 Å². The van der Waals surface area contributed by atoms with Crippen molar-refractivity contribution in [2.24, 2.45) is 23.2 Å². The zero-order valence-corrected chi connectivity index (χ0v) is 11.0. The zero-order chi connectivity index (χ0) is 11.9. The van der Waals surface area contributed by atoms with Crippen molar-refractivity contribution in [3.05, 3.63) is 11.6 Å². The van der Waals surface area contributed by atoms with E-state index in [4.69, 9.17) is 0 Å². The number of ketones is 1. The number of rotatable bonds is 1. The maximum Gasteiger partial charge on any atom is 0.158 e. The SMILES string of the molecule is CC1=CC[C@]2(CC1=O)[C@@H](C)CC[C@H]2C(C)C. The highest BCUT2D eigenvalue weighted by Gasteiger charge is 2.50. The average Bonchev–Trinajstić information content (AvgIpc) is 2.51. The molecule has 2 aliphatic rings. The Hall–Kier alpha value is -0.590. The molecule has 90 valence electrons. The van der Waals surface area contributed by atoms with Crippen LogP contribution < -0.4 is 0 Å². The summed E-state index contributed by atoms with van der Waals surface area (Å²) in [5.41, 5.74) is 1.29. The second kappa shape index (κ2) is 4.01. The average molecular weight is 220 g/mol. The topological polar surface area (TPSA) is 17.1 Å². The van der Waals surface area contributed by atoms with Crippen LogP contribution in [0.4, 0.5) is 0 Å². The van der Waals surface area contributed by atoms with Gasteiger partial charge in [-0.1, -0.05) is 26.8 Å². The normalized spacial score (nSPS) is 39.6. The largest absolute Gasteiger partial charge is 0.295 e. The maximum atomic E-state index is 12.0. The van der Waals surface area contributed by atoms with Gasteiger partial charge in [-0.25, -0.2) is 0 Å². The summed E-state index contributed by atoms with van der Waals surface area (Å²) in [6, 6.07) is 0. The lowest BCUT2D eigenvalue weighted by Crippen LogP contribution is -2.38. The Morgan fingerprint density at radius 3 is 2.62 bits per heavy atom. The molecule has 0 aromatic carbocycles. The van der Waals surface area contributed by atoms with E-state index in [1.807, 2.05) is 6.92 Å². The quantitative estimate of drug-likeness (QED) is 0.653. The van der Waals surface area contributed by atoms with Crippen molar-refractivity contribution in [3.63, 3.8) is 0 Å². The van der Waals surface area contributed by atoms with E-state index < -0.39 is 0 Å². The molecule has 1 heteroatoms. The van der Waals surface area contributed by atoms with Gasteiger partial charge in [0.25, 0.3) is 0 Å². The minimum Gasteiger partial charge on any atom is -0.295 e. The first-order chi connectivity index (χ1) is 7.47. The van der Waals surface area contributed by atoms with Gasteiger partial charge in [-0.15, -0.1) is 0 Å². The molecular weight excluding hydrogens is 196 g/mol. The maximum absolute atomic E-state index is 12.0. The molecule has 0 N–H and O–H groups in total. The number of hydrogen-bond donors (Lipinski definition) is 0. The van der Waals surface area contributed by atoms with Gasteiger partial charge in [-0.3, -0.25) is 4.79 Å². The van der Waals surface area contributed by atoms with Crippen LogP contribution in [0, 0.1) is 23.2 Å². The first-order valence-electron chi connectivity index (χ1n) is 6.67. The molecule has 16 heavy (non-hydrogen) atoms. The fourth-order valence-electron chi connectivity index (χ4n) is 3.99. The smallest absolute Gasteiger partial charge is 0.158 e. The van der Waals surface area contributed by atoms with Gasteiger partial charge >= 0.3 is 0 Å². The molecule has 0 saturated heterocycles. The molecule has 2 rings (SSSR count). The standard InChI is InChI=1S/C15H24O/c1-10(2)13-6-5-12(4)15(13)8-7-11(3)14(16)9-15/h7,10,12-13H,5-6,8-9H2,1-4H3/t12-,13-,15-/m0/s1. The number of Topliss-reactive ketones (excluding diaryl/α,β-unsaturated/α-hetero) is 1. The summed E-state index contributed by atoms with van der Waals surface area (Å²) in [6.45, 7) is 8.96. The lowest BCUT2D eigenvalue weighted by atomic mass is 9.61. The van der Waals surface area contributed by atoms with Crippen LogP contribution in [0.1, 0.15) is 53.4 Å². The molecule has 1 spiro atoms. The van der Waals surface area contributed by atoms with E-state index in [0.29, 0.717) is 23.0 Å². The van der Waals surface area contributed by atoms with Gasteiger partial charge < -0.3 is 0 Å². The molecule has 0 bridgehead atoms. The van der Waals surface area contributed by atoms with Crippen LogP contribution in [0.2, 0.25) is 0 Å². The van der Waals surface area contributed by atoms with Gasteiger partial charge in [0.2, 0.25) is 0 Å². The van der Waals surface area contributed by atoms with Gasteiger partial charge in [-0.2, -0.15) is 0 Å². The van der Waals surface area contributed by atoms with Crippen molar-refractivity contribution in [2.45, 2.75) is 53.4 Å². The first-order valence-corrected chi connectivity index (χ1v) is 6.67. The Morgan fingerprint density at radius 2 is 2.06 bits per heavy atom. The number of hydrogen-bond acceptors (Lipinski definition) is 1. The summed E-state index contributed by atoms with van der Waals surface area (Å²) in [6.07, 6.45) is 6.76. The first kappa shape index (κ1) is 11.9. The summed E-state index contributed by atoms with van der Waals surface area (Å²) < 4.78 is 0. The van der Waals surface area contributed by atoms with E-state index in [2.05, 4.69) is 26.8 Å². The molecule has 0 unspecified atom stereocenters. The summed E-state index contributed by atoms with van der Waals surface area (Å²) in [4.78, 5) is 12.0. The fraction of sp³-hybridized carbons (Fsp3) is 0.800. The second-order valence-electron chi connectivity index (χ2n) is 6.25. The van der Waals surface area contributed by atoms with E-state index in [9.17, 15) is 4.79 Å². The van der Waals surface area contributed by atoms with E-state index in [-0.39, 0.29) is 0 Å².